The monoisotopic (exact) mass is 150 g/mol. The van der Waals surface area contributed by atoms with Gasteiger partial charge in [0.25, 0.3) is 0 Å². The van der Waals surface area contributed by atoms with Crippen molar-refractivity contribution in [1.82, 2.24) is 0 Å². The first-order valence-corrected chi connectivity index (χ1v) is 5.04. The molecule has 62 valence electrons. The van der Waals surface area contributed by atoms with Gasteiger partial charge in [0, 0.05) is 0 Å². The largest absolute Gasteiger partial charge is 0.0738 e. The van der Waals surface area contributed by atoms with E-state index in [1.54, 1.807) is 11.1 Å². The van der Waals surface area contributed by atoms with Gasteiger partial charge < -0.3 is 0 Å². The van der Waals surface area contributed by atoms with Gasteiger partial charge in [-0.2, -0.15) is 0 Å². The minimum atomic E-state index is 1.07. The quantitative estimate of drug-likeness (QED) is 0.527. The van der Waals surface area contributed by atoms with E-state index >= 15 is 0 Å². The van der Waals surface area contributed by atoms with Crippen molar-refractivity contribution in [1.29, 1.82) is 0 Å². The van der Waals surface area contributed by atoms with Gasteiger partial charge in [0.15, 0.2) is 0 Å². The molecule has 0 saturated heterocycles. The molecule has 0 spiro atoms. The van der Waals surface area contributed by atoms with E-state index < -0.39 is 0 Å². The summed E-state index contributed by atoms with van der Waals surface area (Å²) in [5.41, 5.74) is 3.51. The molecule has 11 heavy (non-hydrogen) atoms. The van der Waals surface area contributed by atoms with Crippen LogP contribution in [0.3, 0.4) is 0 Å². The zero-order chi connectivity index (χ0) is 7.68. The van der Waals surface area contributed by atoms with Crippen molar-refractivity contribution >= 4 is 0 Å². The van der Waals surface area contributed by atoms with Gasteiger partial charge in [-0.3, -0.25) is 0 Å². The smallest absolute Gasteiger partial charge is 0.0280 e. The fraction of sp³-hybridized carbons (Fsp3) is 0.818. The average Bonchev–Trinajstić information content (AvgIpc) is 2.49. The molecule has 2 aliphatic rings. The number of allylic oxidation sites excluding steroid dienone is 2. The van der Waals surface area contributed by atoms with Gasteiger partial charge in [-0.1, -0.05) is 36.8 Å². The van der Waals surface area contributed by atoms with Crippen LogP contribution in [0.2, 0.25) is 0 Å². The molecule has 0 atom stereocenters. The first-order valence-electron chi connectivity index (χ1n) is 5.04. The zero-order valence-electron chi connectivity index (χ0n) is 7.53. The molecule has 0 heterocycles. The van der Waals surface area contributed by atoms with Crippen LogP contribution in [-0.2, 0) is 0 Å². The van der Waals surface area contributed by atoms with Gasteiger partial charge in [0.2, 0.25) is 0 Å². The molecule has 0 aromatic heterocycles. The lowest BCUT2D eigenvalue weighted by molar-refractivity contribution is 0.515. The first kappa shape index (κ1) is 7.39. The lowest BCUT2D eigenvalue weighted by atomic mass is 9.83. The molecule has 0 aromatic rings. The van der Waals surface area contributed by atoms with Gasteiger partial charge in [-0.25, -0.2) is 0 Å². The van der Waals surface area contributed by atoms with Gasteiger partial charge in [0.05, 0.1) is 0 Å². The summed E-state index contributed by atoms with van der Waals surface area (Å²) in [5.74, 6) is 1.07. The molecule has 0 N–H and O–H groups in total. The molecule has 0 heteroatoms. The minimum absolute atomic E-state index is 1.07. The molecule has 0 aliphatic heterocycles. The van der Waals surface area contributed by atoms with Gasteiger partial charge in [-0.15, -0.1) is 0 Å². The number of hydrogen-bond donors (Lipinski definition) is 0. The number of hydrogen-bond acceptors (Lipinski definition) is 0. The summed E-state index contributed by atoms with van der Waals surface area (Å²) < 4.78 is 0. The van der Waals surface area contributed by atoms with Crippen LogP contribution in [0.1, 0.15) is 51.9 Å². The van der Waals surface area contributed by atoms with E-state index in [1.807, 2.05) is 0 Å². The molecule has 0 bridgehead atoms. The van der Waals surface area contributed by atoms with E-state index in [0.717, 1.165) is 5.92 Å². The van der Waals surface area contributed by atoms with E-state index in [9.17, 15) is 0 Å². The molecular formula is C11H18. The van der Waals surface area contributed by atoms with Crippen LogP contribution in [0.25, 0.3) is 0 Å². The van der Waals surface area contributed by atoms with E-state index in [4.69, 9.17) is 0 Å². The molecule has 1 saturated carbocycles. The highest BCUT2D eigenvalue weighted by Gasteiger charge is 2.20. The van der Waals surface area contributed by atoms with Crippen LogP contribution < -0.4 is 0 Å². The van der Waals surface area contributed by atoms with E-state index in [1.165, 1.54) is 44.9 Å². The highest BCUT2D eigenvalue weighted by atomic mass is 14.3. The van der Waals surface area contributed by atoms with Gasteiger partial charge in [0.1, 0.15) is 0 Å². The molecule has 0 nitrogen and oxygen atoms in total. The normalized spacial score (nSPS) is 25.9. The molecule has 2 aliphatic carbocycles. The summed E-state index contributed by atoms with van der Waals surface area (Å²) in [6, 6.07) is 0. The summed E-state index contributed by atoms with van der Waals surface area (Å²) >= 11 is 0. The van der Waals surface area contributed by atoms with Crippen molar-refractivity contribution in [2.45, 2.75) is 51.9 Å². The van der Waals surface area contributed by atoms with Crippen molar-refractivity contribution < 1.29 is 0 Å². The highest BCUT2D eigenvalue weighted by Crippen LogP contribution is 2.37. The van der Waals surface area contributed by atoms with Crippen molar-refractivity contribution in [2.75, 3.05) is 0 Å². The lowest BCUT2D eigenvalue weighted by Gasteiger charge is -2.23. The molecule has 0 amide bonds. The maximum Gasteiger partial charge on any atom is -0.0280 e. The first-order chi connectivity index (χ1) is 5.36. The summed E-state index contributed by atoms with van der Waals surface area (Å²) in [5, 5.41) is 0. The van der Waals surface area contributed by atoms with Crippen molar-refractivity contribution in [3.8, 4) is 0 Å². The van der Waals surface area contributed by atoms with Crippen LogP contribution >= 0.6 is 0 Å². The van der Waals surface area contributed by atoms with Crippen LogP contribution in [0.15, 0.2) is 11.1 Å². The minimum Gasteiger partial charge on any atom is -0.0738 e. The second-order valence-electron chi connectivity index (χ2n) is 4.24. The highest BCUT2D eigenvalue weighted by molar-refractivity contribution is 5.22. The Labute approximate surface area is 69.7 Å². The third kappa shape index (κ3) is 1.50. The van der Waals surface area contributed by atoms with Crippen LogP contribution in [0.4, 0.5) is 0 Å². The Hall–Kier alpha value is -0.260. The summed E-state index contributed by atoms with van der Waals surface area (Å²) in [6.45, 7) is 2.31. The van der Waals surface area contributed by atoms with E-state index in [-0.39, 0.29) is 0 Å². The second-order valence-corrected chi connectivity index (χ2v) is 4.24. The summed E-state index contributed by atoms with van der Waals surface area (Å²) in [6.07, 6.45) is 10.3. The molecule has 0 unspecified atom stereocenters. The maximum absolute atomic E-state index is 2.31. The topological polar surface area (TPSA) is 0 Å². The Morgan fingerprint density at radius 1 is 1.18 bits per heavy atom. The molecule has 0 aromatic carbocycles. The van der Waals surface area contributed by atoms with Gasteiger partial charge >= 0.3 is 0 Å². The van der Waals surface area contributed by atoms with Gasteiger partial charge in [-0.05, 0) is 32.1 Å². The SMILES string of the molecule is CC1=C(CC2CCCC2)CC1. The van der Waals surface area contributed by atoms with Crippen LogP contribution in [0, 0.1) is 5.92 Å². The Morgan fingerprint density at radius 2 is 1.91 bits per heavy atom. The average molecular weight is 150 g/mol. The standard InChI is InChI=1S/C11H18/c1-9-6-7-11(9)8-10-4-2-3-5-10/h10H,2-8H2,1H3. The van der Waals surface area contributed by atoms with Crippen molar-refractivity contribution in [2.24, 2.45) is 5.92 Å². The third-order valence-corrected chi connectivity index (χ3v) is 3.42. The molecule has 1 fully saturated rings. The fourth-order valence-corrected chi connectivity index (χ4v) is 2.39. The maximum atomic E-state index is 2.31. The Kier molecular flexibility index (Phi) is 2.02. The molecular weight excluding hydrogens is 132 g/mol. The van der Waals surface area contributed by atoms with Crippen molar-refractivity contribution in [3.05, 3.63) is 11.1 Å². The van der Waals surface area contributed by atoms with Crippen LogP contribution in [-0.4, -0.2) is 0 Å². The fourth-order valence-electron chi connectivity index (χ4n) is 2.39. The molecule has 2 rings (SSSR count). The van der Waals surface area contributed by atoms with E-state index in [0.29, 0.717) is 0 Å². The Morgan fingerprint density at radius 3 is 2.36 bits per heavy atom. The lowest BCUT2D eigenvalue weighted by Crippen LogP contribution is -2.05. The van der Waals surface area contributed by atoms with Crippen molar-refractivity contribution in [3.63, 3.8) is 0 Å². The zero-order valence-corrected chi connectivity index (χ0v) is 7.53. The van der Waals surface area contributed by atoms with Crippen LogP contribution in [0.5, 0.6) is 0 Å². The Bertz CT molecular complexity index is 170. The predicted octanol–water partition coefficient (Wildman–Crippen LogP) is 3.68. The third-order valence-electron chi connectivity index (χ3n) is 3.42. The summed E-state index contributed by atoms with van der Waals surface area (Å²) in [7, 11) is 0. The van der Waals surface area contributed by atoms with E-state index in [2.05, 4.69) is 6.92 Å². The number of rotatable bonds is 2. The predicted molar refractivity (Wildman–Crippen MR) is 48.5 cm³/mol. The second kappa shape index (κ2) is 3.00. The molecule has 0 radical (unpaired) electrons. The Balaban J connectivity index is 1.85. The summed E-state index contributed by atoms with van der Waals surface area (Å²) in [4.78, 5) is 0.